The summed E-state index contributed by atoms with van der Waals surface area (Å²) in [6.07, 6.45) is 8.62. The highest BCUT2D eigenvalue weighted by atomic mass is 19.1. The van der Waals surface area contributed by atoms with E-state index in [0.717, 1.165) is 73.6 Å². The maximum absolute atomic E-state index is 13.8. The molecule has 1 N–H and O–H groups in total. The number of hydrogen-bond donors (Lipinski definition) is 1. The highest BCUT2D eigenvalue weighted by Gasteiger charge is 2.28. The molecule has 0 aliphatic carbocycles. The second-order valence-corrected chi connectivity index (χ2v) is 9.00. The summed E-state index contributed by atoms with van der Waals surface area (Å²) in [6, 6.07) is 10.9. The van der Waals surface area contributed by atoms with Gasteiger partial charge in [0.05, 0.1) is 24.0 Å². The first-order chi connectivity index (χ1) is 16.7. The van der Waals surface area contributed by atoms with Crippen molar-refractivity contribution in [3.05, 3.63) is 66.4 Å². The number of anilines is 2. The third kappa shape index (κ3) is 3.86. The summed E-state index contributed by atoms with van der Waals surface area (Å²) in [5.41, 5.74) is 3.37. The van der Waals surface area contributed by atoms with Crippen molar-refractivity contribution in [3.63, 3.8) is 0 Å². The molecule has 1 aromatic carbocycles. The minimum absolute atomic E-state index is 0.0956. The van der Waals surface area contributed by atoms with E-state index >= 15 is 0 Å². The Morgan fingerprint density at radius 2 is 1.74 bits per heavy atom. The van der Waals surface area contributed by atoms with E-state index in [1.165, 1.54) is 6.07 Å². The van der Waals surface area contributed by atoms with Gasteiger partial charge < -0.3 is 14.9 Å². The molecule has 1 atom stereocenters. The van der Waals surface area contributed by atoms with Crippen LogP contribution < -0.4 is 9.80 Å². The molecule has 8 nitrogen and oxygen atoms in total. The number of aliphatic hydroxyl groups is 1. The first-order valence-electron chi connectivity index (χ1n) is 11.8. The Labute approximate surface area is 196 Å². The SMILES string of the molecule is OC1CCN(c2ncc(-c3cnc4ccc(N5CCCC5c5cccc(F)c5)nn34)cn2)CC1. The van der Waals surface area contributed by atoms with Crippen LogP contribution in [0.3, 0.4) is 0 Å². The van der Waals surface area contributed by atoms with E-state index in [2.05, 4.69) is 24.8 Å². The number of aromatic nitrogens is 5. The summed E-state index contributed by atoms with van der Waals surface area (Å²) in [5.74, 6) is 1.30. The van der Waals surface area contributed by atoms with Crippen molar-refractivity contribution in [2.75, 3.05) is 29.4 Å². The summed E-state index contributed by atoms with van der Waals surface area (Å²) in [5, 5.41) is 14.6. The predicted molar refractivity (Wildman–Crippen MR) is 127 cm³/mol. The van der Waals surface area contributed by atoms with E-state index in [1.807, 2.05) is 22.7 Å². The van der Waals surface area contributed by atoms with Gasteiger partial charge in [0.1, 0.15) is 11.6 Å². The van der Waals surface area contributed by atoms with E-state index < -0.39 is 0 Å². The average Bonchev–Trinajstić information content (AvgIpc) is 3.52. The molecule has 2 aliphatic rings. The number of nitrogens with zero attached hydrogens (tertiary/aromatic N) is 7. The summed E-state index contributed by atoms with van der Waals surface area (Å²) in [6.45, 7) is 2.37. The van der Waals surface area contributed by atoms with E-state index in [-0.39, 0.29) is 18.0 Å². The average molecular weight is 460 g/mol. The van der Waals surface area contributed by atoms with Gasteiger partial charge in [0, 0.05) is 37.6 Å². The summed E-state index contributed by atoms with van der Waals surface area (Å²) in [7, 11) is 0. The van der Waals surface area contributed by atoms with Crippen LogP contribution in [-0.2, 0) is 0 Å². The van der Waals surface area contributed by atoms with E-state index in [9.17, 15) is 9.50 Å². The predicted octanol–water partition coefficient (Wildman–Crippen LogP) is 3.63. The van der Waals surface area contributed by atoms with Crippen LogP contribution in [0.5, 0.6) is 0 Å². The van der Waals surface area contributed by atoms with Crippen molar-refractivity contribution in [1.29, 1.82) is 0 Å². The Morgan fingerprint density at radius 3 is 2.53 bits per heavy atom. The smallest absolute Gasteiger partial charge is 0.225 e. The van der Waals surface area contributed by atoms with Crippen molar-refractivity contribution in [1.82, 2.24) is 24.6 Å². The Morgan fingerprint density at radius 1 is 0.912 bits per heavy atom. The van der Waals surface area contributed by atoms with Crippen LogP contribution in [0.25, 0.3) is 16.9 Å². The second kappa shape index (κ2) is 8.64. The van der Waals surface area contributed by atoms with Crippen LogP contribution >= 0.6 is 0 Å². The summed E-state index contributed by atoms with van der Waals surface area (Å²) in [4.78, 5) is 18.0. The zero-order chi connectivity index (χ0) is 23.1. The second-order valence-electron chi connectivity index (χ2n) is 9.00. The van der Waals surface area contributed by atoms with E-state index in [1.54, 1.807) is 30.7 Å². The van der Waals surface area contributed by atoms with Gasteiger partial charge in [-0.3, -0.25) is 0 Å². The fourth-order valence-corrected chi connectivity index (χ4v) is 5.00. The lowest BCUT2D eigenvalue weighted by Gasteiger charge is -2.29. The number of benzene rings is 1. The number of hydrogen-bond acceptors (Lipinski definition) is 7. The molecule has 2 aliphatic heterocycles. The van der Waals surface area contributed by atoms with Crippen molar-refractivity contribution in [2.45, 2.75) is 37.8 Å². The molecule has 0 saturated carbocycles. The van der Waals surface area contributed by atoms with Gasteiger partial charge in [-0.2, -0.15) is 0 Å². The lowest BCUT2D eigenvalue weighted by atomic mass is 10.0. The Kier molecular flexibility index (Phi) is 5.33. The van der Waals surface area contributed by atoms with Crippen LogP contribution in [0.2, 0.25) is 0 Å². The van der Waals surface area contributed by atoms with Gasteiger partial charge in [-0.15, -0.1) is 5.10 Å². The number of fused-ring (bicyclic) bond motifs is 1. The number of piperidine rings is 1. The molecule has 2 fully saturated rings. The normalized spacial score (nSPS) is 19.3. The fraction of sp³-hybridized carbons (Fsp3) is 0.360. The van der Waals surface area contributed by atoms with Gasteiger partial charge in [-0.25, -0.2) is 23.9 Å². The molecular weight excluding hydrogens is 433 g/mol. The third-order valence-electron chi connectivity index (χ3n) is 6.81. The number of halogens is 1. The summed E-state index contributed by atoms with van der Waals surface area (Å²) >= 11 is 0. The summed E-state index contributed by atoms with van der Waals surface area (Å²) < 4.78 is 15.7. The molecule has 0 amide bonds. The topological polar surface area (TPSA) is 82.7 Å². The molecule has 0 spiro atoms. The zero-order valence-electron chi connectivity index (χ0n) is 18.8. The fourth-order valence-electron chi connectivity index (χ4n) is 5.00. The first-order valence-corrected chi connectivity index (χ1v) is 11.8. The molecule has 34 heavy (non-hydrogen) atoms. The monoisotopic (exact) mass is 459 g/mol. The number of aliphatic hydroxyl groups excluding tert-OH is 1. The quantitative estimate of drug-likeness (QED) is 0.499. The van der Waals surface area contributed by atoms with Crippen molar-refractivity contribution < 1.29 is 9.50 Å². The first kappa shape index (κ1) is 21.0. The van der Waals surface area contributed by atoms with Gasteiger partial charge in [0.2, 0.25) is 5.95 Å². The van der Waals surface area contributed by atoms with Crippen LogP contribution in [0.15, 0.2) is 55.0 Å². The number of rotatable bonds is 4. The highest BCUT2D eigenvalue weighted by molar-refractivity contribution is 5.63. The molecule has 0 radical (unpaired) electrons. The molecule has 2 saturated heterocycles. The molecule has 174 valence electrons. The molecule has 1 unspecified atom stereocenters. The van der Waals surface area contributed by atoms with Crippen LogP contribution in [0.1, 0.15) is 37.3 Å². The third-order valence-corrected chi connectivity index (χ3v) is 6.81. The maximum atomic E-state index is 13.8. The van der Waals surface area contributed by atoms with Crippen molar-refractivity contribution in [2.24, 2.45) is 0 Å². The molecule has 9 heteroatoms. The Hall–Kier alpha value is -3.59. The van der Waals surface area contributed by atoms with Gasteiger partial charge in [0.15, 0.2) is 5.65 Å². The lowest BCUT2D eigenvalue weighted by molar-refractivity contribution is 0.145. The maximum Gasteiger partial charge on any atom is 0.225 e. The molecule has 5 heterocycles. The van der Waals surface area contributed by atoms with E-state index in [4.69, 9.17) is 5.10 Å². The zero-order valence-corrected chi connectivity index (χ0v) is 18.8. The van der Waals surface area contributed by atoms with E-state index in [0.29, 0.717) is 5.95 Å². The van der Waals surface area contributed by atoms with Gasteiger partial charge in [0.25, 0.3) is 0 Å². The number of imidazole rings is 1. The van der Waals surface area contributed by atoms with Crippen molar-refractivity contribution >= 4 is 17.4 Å². The largest absolute Gasteiger partial charge is 0.393 e. The van der Waals surface area contributed by atoms with Gasteiger partial charge in [-0.05, 0) is 55.5 Å². The standard InChI is InChI=1S/C25H26FN7O/c26-19-4-1-3-17(13-19)21-5-2-10-32(21)24-7-6-23-27-16-22(33(23)30-24)18-14-28-25(29-15-18)31-11-8-20(34)9-12-31/h1,3-4,6-7,13-16,20-21,34H,2,5,8-12H2. The van der Waals surface area contributed by atoms with Crippen LogP contribution in [-0.4, -0.2) is 55.4 Å². The highest BCUT2D eigenvalue weighted by Crippen LogP contribution is 2.35. The molecule has 0 bridgehead atoms. The van der Waals surface area contributed by atoms with Gasteiger partial charge >= 0.3 is 0 Å². The van der Waals surface area contributed by atoms with Crippen LogP contribution in [0.4, 0.5) is 16.2 Å². The Balaban J connectivity index is 1.29. The molecule has 6 rings (SSSR count). The molecule has 3 aromatic heterocycles. The Bertz CT molecular complexity index is 1300. The minimum atomic E-state index is -0.231. The molecular formula is C25H26FN7O. The van der Waals surface area contributed by atoms with Gasteiger partial charge in [-0.1, -0.05) is 12.1 Å². The van der Waals surface area contributed by atoms with Crippen molar-refractivity contribution in [3.8, 4) is 11.3 Å². The molecule has 4 aromatic rings. The lowest BCUT2D eigenvalue weighted by Crippen LogP contribution is -2.36. The van der Waals surface area contributed by atoms with Crippen LogP contribution in [0, 0.1) is 5.82 Å². The minimum Gasteiger partial charge on any atom is -0.393 e.